The number of rotatable bonds is 5. The second-order valence-electron chi connectivity index (χ2n) is 4.57. The monoisotopic (exact) mass is 342 g/mol. The van der Waals surface area contributed by atoms with Crippen molar-refractivity contribution in [2.24, 2.45) is 0 Å². The molecule has 0 unspecified atom stereocenters. The van der Waals surface area contributed by atoms with Crippen molar-refractivity contribution in [3.05, 3.63) is 39.9 Å². The number of aromatic nitrogens is 3. The maximum Gasteiger partial charge on any atom is 0.293 e. The predicted octanol–water partition coefficient (Wildman–Crippen LogP) is 2.34. The van der Waals surface area contributed by atoms with Gasteiger partial charge in [0.15, 0.2) is 0 Å². The highest BCUT2D eigenvalue weighted by Gasteiger charge is 2.21. The lowest BCUT2D eigenvalue weighted by molar-refractivity contribution is 0.0720. The largest absolute Gasteiger partial charge is 0.395 e. The predicted molar refractivity (Wildman–Crippen MR) is 84.8 cm³/mol. The molecule has 0 saturated heterocycles. The number of para-hydroxylation sites is 1. The lowest BCUT2D eigenvalue weighted by Crippen LogP contribution is -2.34. The van der Waals surface area contributed by atoms with Gasteiger partial charge < -0.3 is 10.0 Å². The Hall–Kier alpha value is -1.63. The average molecular weight is 343 g/mol. The number of aliphatic hydroxyl groups excluding tert-OH is 1. The smallest absolute Gasteiger partial charge is 0.293 e. The minimum Gasteiger partial charge on any atom is -0.395 e. The maximum absolute atomic E-state index is 12.3. The number of amides is 1. The van der Waals surface area contributed by atoms with Crippen molar-refractivity contribution in [1.82, 2.24) is 19.7 Å². The van der Waals surface area contributed by atoms with Gasteiger partial charge in [-0.15, -0.1) is 5.10 Å². The van der Waals surface area contributed by atoms with E-state index in [4.69, 9.17) is 28.3 Å². The fraction of sp³-hybridized carbons (Fsp3) is 0.357. The molecule has 6 nitrogen and oxygen atoms in total. The highest BCUT2D eigenvalue weighted by Crippen LogP contribution is 2.28. The van der Waals surface area contributed by atoms with Crippen LogP contribution in [0.25, 0.3) is 5.69 Å². The lowest BCUT2D eigenvalue weighted by Gasteiger charge is -2.17. The van der Waals surface area contributed by atoms with E-state index in [0.717, 1.165) is 0 Å². The molecule has 1 heterocycles. The zero-order valence-electron chi connectivity index (χ0n) is 12.3. The molecule has 2 rings (SSSR count). The summed E-state index contributed by atoms with van der Waals surface area (Å²) >= 11 is 12.3. The van der Waals surface area contributed by atoms with E-state index < -0.39 is 0 Å². The second kappa shape index (κ2) is 7.09. The third kappa shape index (κ3) is 3.24. The van der Waals surface area contributed by atoms with Gasteiger partial charge in [0.2, 0.25) is 5.82 Å². The Kier molecular flexibility index (Phi) is 5.39. The summed E-state index contributed by atoms with van der Waals surface area (Å²) in [5.74, 6) is 0.198. The average Bonchev–Trinajstić information content (AvgIpc) is 2.86. The fourth-order valence-corrected chi connectivity index (χ4v) is 2.61. The number of aryl methyl sites for hydroxylation is 1. The second-order valence-corrected chi connectivity index (χ2v) is 5.39. The van der Waals surface area contributed by atoms with Crippen molar-refractivity contribution in [3.63, 3.8) is 0 Å². The molecule has 1 aromatic heterocycles. The van der Waals surface area contributed by atoms with Gasteiger partial charge in [0.25, 0.3) is 5.91 Å². The molecule has 1 N–H and O–H groups in total. The van der Waals surface area contributed by atoms with Gasteiger partial charge in [-0.05, 0) is 26.0 Å². The van der Waals surface area contributed by atoms with Gasteiger partial charge in [-0.25, -0.2) is 9.67 Å². The molecule has 1 aromatic carbocycles. The molecule has 22 heavy (non-hydrogen) atoms. The Morgan fingerprint density at radius 1 is 1.36 bits per heavy atom. The Balaban J connectivity index is 2.42. The molecule has 118 valence electrons. The first-order valence-electron chi connectivity index (χ1n) is 6.77. The van der Waals surface area contributed by atoms with Crippen LogP contribution in [-0.4, -0.2) is 50.4 Å². The van der Waals surface area contributed by atoms with Crippen molar-refractivity contribution in [1.29, 1.82) is 0 Å². The Labute approximate surface area is 138 Å². The first kappa shape index (κ1) is 16.7. The highest BCUT2D eigenvalue weighted by molar-refractivity contribution is 6.37. The summed E-state index contributed by atoms with van der Waals surface area (Å²) in [6.45, 7) is 4.11. The first-order valence-corrected chi connectivity index (χ1v) is 7.53. The van der Waals surface area contributed by atoms with Crippen LogP contribution in [0, 0.1) is 6.92 Å². The van der Waals surface area contributed by atoms with Crippen LogP contribution in [0.2, 0.25) is 10.0 Å². The van der Waals surface area contributed by atoms with Crippen molar-refractivity contribution in [3.8, 4) is 5.69 Å². The Morgan fingerprint density at radius 2 is 2.00 bits per heavy atom. The van der Waals surface area contributed by atoms with Crippen LogP contribution in [0.4, 0.5) is 0 Å². The van der Waals surface area contributed by atoms with Crippen LogP contribution >= 0.6 is 23.2 Å². The summed E-state index contributed by atoms with van der Waals surface area (Å²) in [6, 6.07) is 5.11. The molecule has 1 amide bonds. The van der Waals surface area contributed by atoms with Crippen LogP contribution in [0.5, 0.6) is 0 Å². The SMILES string of the molecule is CCN(CCO)C(=O)c1nc(C)n(-c2c(Cl)cccc2Cl)n1. The van der Waals surface area contributed by atoms with E-state index in [2.05, 4.69) is 10.1 Å². The van der Waals surface area contributed by atoms with Gasteiger partial charge in [0, 0.05) is 13.1 Å². The van der Waals surface area contributed by atoms with E-state index in [0.29, 0.717) is 28.1 Å². The summed E-state index contributed by atoms with van der Waals surface area (Å²) < 4.78 is 1.45. The lowest BCUT2D eigenvalue weighted by atomic mass is 10.3. The van der Waals surface area contributed by atoms with Crippen LogP contribution < -0.4 is 0 Å². The standard InChI is InChI=1S/C14H16Cl2N4O2/c1-3-19(7-8-21)14(22)13-17-9(2)20(18-13)12-10(15)5-4-6-11(12)16/h4-6,21H,3,7-8H2,1-2H3. The molecule has 0 atom stereocenters. The molecular formula is C14H16Cl2N4O2. The summed E-state index contributed by atoms with van der Waals surface area (Å²) in [6.07, 6.45) is 0. The molecule has 0 saturated carbocycles. The van der Waals surface area contributed by atoms with Crippen LogP contribution in [-0.2, 0) is 0 Å². The van der Waals surface area contributed by atoms with Crippen LogP contribution in [0.3, 0.4) is 0 Å². The van der Waals surface area contributed by atoms with E-state index in [9.17, 15) is 4.79 Å². The van der Waals surface area contributed by atoms with Crippen LogP contribution in [0.1, 0.15) is 23.4 Å². The van der Waals surface area contributed by atoms with E-state index in [1.165, 1.54) is 9.58 Å². The molecule has 0 fully saturated rings. The minimum atomic E-state index is -0.346. The van der Waals surface area contributed by atoms with Crippen molar-refractivity contribution >= 4 is 29.1 Å². The number of benzene rings is 1. The number of halogens is 2. The van der Waals surface area contributed by atoms with Gasteiger partial charge >= 0.3 is 0 Å². The number of carbonyl (C=O) groups excluding carboxylic acids is 1. The molecule has 0 radical (unpaired) electrons. The third-order valence-electron chi connectivity index (χ3n) is 3.15. The van der Waals surface area contributed by atoms with E-state index in [-0.39, 0.29) is 24.9 Å². The number of nitrogens with zero attached hydrogens (tertiary/aromatic N) is 4. The number of hydrogen-bond donors (Lipinski definition) is 1. The van der Waals surface area contributed by atoms with Gasteiger partial charge in [-0.3, -0.25) is 4.79 Å². The maximum atomic E-state index is 12.3. The molecule has 2 aromatic rings. The number of hydrogen-bond acceptors (Lipinski definition) is 4. The molecule has 0 aliphatic carbocycles. The van der Waals surface area contributed by atoms with E-state index in [1.54, 1.807) is 25.1 Å². The zero-order valence-corrected chi connectivity index (χ0v) is 13.8. The minimum absolute atomic E-state index is 0.0452. The topological polar surface area (TPSA) is 71.2 Å². The highest BCUT2D eigenvalue weighted by atomic mass is 35.5. The molecule has 0 spiro atoms. The molecule has 8 heteroatoms. The third-order valence-corrected chi connectivity index (χ3v) is 3.76. The summed E-state index contributed by atoms with van der Waals surface area (Å²) in [5.41, 5.74) is 0.486. The summed E-state index contributed by atoms with van der Waals surface area (Å²) in [4.78, 5) is 18.0. The fourth-order valence-electron chi connectivity index (χ4n) is 2.05. The summed E-state index contributed by atoms with van der Waals surface area (Å²) in [5, 5.41) is 14.1. The number of aliphatic hydroxyl groups is 1. The quantitative estimate of drug-likeness (QED) is 0.905. The van der Waals surface area contributed by atoms with E-state index >= 15 is 0 Å². The Morgan fingerprint density at radius 3 is 2.55 bits per heavy atom. The normalized spacial score (nSPS) is 10.8. The Bertz CT molecular complexity index is 667. The molecule has 0 bridgehead atoms. The van der Waals surface area contributed by atoms with Gasteiger partial charge in [-0.1, -0.05) is 29.3 Å². The van der Waals surface area contributed by atoms with Crippen molar-refractivity contribution in [2.45, 2.75) is 13.8 Å². The van der Waals surface area contributed by atoms with E-state index in [1.807, 2.05) is 6.92 Å². The number of likely N-dealkylation sites (N-methyl/N-ethyl adjacent to an activating group) is 1. The molecule has 0 aliphatic heterocycles. The van der Waals surface area contributed by atoms with Gasteiger partial charge in [-0.2, -0.15) is 0 Å². The van der Waals surface area contributed by atoms with Crippen LogP contribution in [0.15, 0.2) is 18.2 Å². The van der Waals surface area contributed by atoms with Crippen molar-refractivity contribution < 1.29 is 9.90 Å². The van der Waals surface area contributed by atoms with Gasteiger partial charge in [0.1, 0.15) is 11.5 Å². The summed E-state index contributed by atoms with van der Waals surface area (Å²) in [7, 11) is 0. The molecular weight excluding hydrogens is 327 g/mol. The van der Waals surface area contributed by atoms with Gasteiger partial charge in [0.05, 0.1) is 16.7 Å². The zero-order chi connectivity index (χ0) is 16.3. The molecule has 0 aliphatic rings. The number of carbonyl (C=O) groups is 1. The van der Waals surface area contributed by atoms with Crippen molar-refractivity contribution in [2.75, 3.05) is 19.7 Å². The first-order chi connectivity index (χ1) is 10.5.